The lowest BCUT2D eigenvalue weighted by Crippen LogP contribution is -2.36. The van der Waals surface area contributed by atoms with Crippen molar-refractivity contribution in [3.63, 3.8) is 0 Å². The number of aryl methyl sites for hydroxylation is 2. The third-order valence-electron chi connectivity index (χ3n) is 6.09. The minimum absolute atomic E-state index is 0.0450. The molecule has 1 saturated heterocycles. The van der Waals surface area contributed by atoms with Crippen molar-refractivity contribution in [3.8, 4) is 0 Å². The Bertz CT molecular complexity index is 1410. The van der Waals surface area contributed by atoms with Crippen LogP contribution in [0, 0.1) is 13.8 Å². The van der Waals surface area contributed by atoms with E-state index in [1.165, 1.54) is 6.07 Å². The van der Waals surface area contributed by atoms with E-state index < -0.39 is 17.8 Å². The van der Waals surface area contributed by atoms with Crippen LogP contribution in [0.2, 0.25) is 0 Å². The largest absolute Gasteiger partial charge is 0.416 e. The van der Waals surface area contributed by atoms with Gasteiger partial charge in [0.15, 0.2) is 11.3 Å². The first-order valence-electron chi connectivity index (χ1n) is 11.2. The van der Waals surface area contributed by atoms with Gasteiger partial charge in [0.05, 0.1) is 35.9 Å². The molecule has 1 aromatic carbocycles. The summed E-state index contributed by atoms with van der Waals surface area (Å²) in [5.41, 5.74) is 7.60. The Morgan fingerprint density at radius 2 is 1.77 bits per heavy atom. The third-order valence-corrected chi connectivity index (χ3v) is 6.09. The number of nitrogens with two attached hydrogens (primary N) is 1. The predicted molar refractivity (Wildman–Crippen MR) is 126 cm³/mol. The van der Waals surface area contributed by atoms with E-state index in [0.29, 0.717) is 66.0 Å². The first-order valence-corrected chi connectivity index (χ1v) is 11.2. The number of rotatable bonds is 4. The standard InChI is InChI=1S/C23H25F3N8O/c1-12(15-8-16(23(24,25)26)10-17(27)9-15)28-20-18-11-19(33-4-6-35-7-5-33)22-32-31-14(3)34(22)21(18)30-13(2)29-20/h8-12H,4-7,27H2,1-3H3,(H,28,29,30)/t12-/m1/s1. The van der Waals surface area contributed by atoms with Crippen molar-refractivity contribution >= 4 is 33.9 Å². The fraction of sp³-hybridized carbons (Fsp3) is 0.391. The highest BCUT2D eigenvalue weighted by Crippen LogP contribution is 2.35. The molecule has 0 amide bonds. The van der Waals surface area contributed by atoms with Crippen LogP contribution in [-0.2, 0) is 10.9 Å². The highest BCUT2D eigenvalue weighted by atomic mass is 19.4. The fourth-order valence-corrected chi connectivity index (χ4v) is 4.38. The number of nitrogen functional groups attached to an aromatic ring is 1. The van der Waals surface area contributed by atoms with Crippen molar-refractivity contribution in [1.82, 2.24) is 24.6 Å². The second-order valence-corrected chi connectivity index (χ2v) is 8.64. The van der Waals surface area contributed by atoms with E-state index in [4.69, 9.17) is 10.5 Å². The maximum atomic E-state index is 13.4. The molecule has 3 N–H and O–H groups in total. The number of fused-ring (bicyclic) bond motifs is 3. The van der Waals surface area contributed by atoms with Crippen LogP contribution in [0.15, 0.2) is 24.3 Å². The number of benzene rings is 1. The number of morpholine rings is 1. The number of hydrogen-bond donors (Lipinski definition) is 2. The van der Waals surface area contributed by atoms with Gasteiger partial charge in [-0.1, -0.05) is 0 Å². The van der Waals surface area contributed by atoms with Gasteiger partial charge in [0, 0.05) is 18.8 Å². The van der Waals surface area contributed by atoms with Crippen molar-refractivity contribution in [3.05, 3.63) is 47.0 Å². The number of nitrogens with zero attached hydrogens (tertiary/aromatic N) is 6. The van der Waals surface area contributed by atoms with Crippen molar-refractivity contribution in [2.24, 2.45) is 0 Å². The molecule has 1 aliphatic rings. The van der Waals surface area contributed by atoms with Gasteiger partial charge < -0.3 is 20.7 Å². The van der Waals surface area contributed by atoms with Gasteiger partial charge in [-0.3, -0.25) is 4.40 Å². The van der Waals surface area contributed by atoms with Crippen LogP contribution in [-0.4, -0.2) is 50.9 Å². The Morgan fingerprint density at radius 3 is 2.49 bits per heavy atom. The zero-order chi connectivity index (χ0) is 24.9. The molecule has 0 spiro atoms. The van der Waals surface area contributed by atoms with Crippen LogP contribution >= 0.6 is 0 Å². The third kappa shape index (κ3) is 4.29. The Kier molecular flexibility index (Phi) is 5.62. The van der Waals surface area contributed by atoms with Gasteiger partial charge in [-0.15, -0.1) is 10.2 Å². The Labute approximate surface area is 199 Å². The average molecular weight is 487 g/mol. The van der Waals surface area contributed by atoms with Crippen LogP contribution in [0.5, 0.6) is 0 Å². The Hall–Kier alpha value is -3.67. The van der Waals surface area contributed by atoms with Gasteiger partial charge in [0.2, 0.25) is 0 Å². The summed E-state index contributed by atoms with van der Waals surface area (Å²) in [6.45, 7) is 7.97. The number of hydrogen-bond acceptors (Lipinski definition) is 8. The van der Waals surface area contributed by atoms with Crippen LogP contribution in [0.1, 0.15) is 35.7 Å². The molecule has 9 nitrogen and oxygen atoms in total. The Morgan fingerprint density at radius 1 is 1.03 bits per heavy atom. The zero-order valence-electron chi connectivity index (χ0n) is 19.5. The summed E-state index contributed by atoms with van der Waals surface area (Å²) in [6, 6.07) is 5.01. The molecular weight excluding hydrogens is 461 g/mol. The summed E-state index contributed by atoms with van der Waals surface area (Å²) >= 11 is 0. The van der Waals surface area contributed by atoms with Crippen LogP contribution < -0.4 is 16.0 Å². The van der Waals surface area contributed by atoms with E-state index >= 15 is 0 Å². The summed E-state index contributed by atoms with van der Waals surface area (Å²) in [4.78, 5) is 11.4. The highest BCUT2D eigenvalue weighted by molar-refractivity contribution is 5.94. The summed E-state index contributed by atoms with van der Waals surface area (Å²) in [6.07, 6.45) is -4.49. The molecule has 0 unspecified atom stereocenters. The molecule has 4 heterocycles. The van der Waals surface area contributed by atoms with E-state index in [0.717, 1.165) is 17.8 Å². The number of pyridine rings is 1. The van der Waals surface area contributed by atoms with Crippen molar-refractivity contribution in [1.29, 1.82) is 0 Å². The molecule has 5 rings (SSSR count). The zero-order valence-corrected chi connectivity index (χ0v) is 19.5. The van der Waals surface area contributed by atoms with Crippen molar-refractivity contribution in [2.45, 2.75) is 33.0 Å². The topological polar surface area (TPSA) is 106 Å². The lowest BCUT2D eigenvalue weighted by molar-refractivity contribution is -0.137. The molecule has 0 bridgehead atoms. The maximum absolute atomic E-state index is 13.4. The van der Waals surface area contributed by atoms with Gasteiger partial charge >= 0.3 is 6.18 Å². The molecule has 0 radical (unpaired) electrons. The first kappa shape index (κ1) is 23.1. The number of aromatic nitrogens is 5. The number of alkyl halides is 3. The normalized spacial score (nSPS) is 15.7. The van der Waals surface area contributed by atoms with Gasteiger partial charge in [0.1, 0.15) is 17.5 Å². The maximum Gasteiger partial charge on any atom is 0.416 e. The molecule has 4 aromatic rings. The number of ether oxygens (including phenoxy) is 1. The number of anilines is 3. The smallest absolute Gasteiger partial charge is 0.399 e. The minimum atomic E-state index is -4.49. The number of halogens is 3. The van der Waals surface area contributed by atoms with Gasteiger partial charge in [0.25, 0.3) is 0 Å². The Balaban J connectivity index is 1.64. The molecule has 1 aliphatic heterocycles. The summed E-state index contributed by atoms with van der Waals surface area (Å²) < 4.78 is 47.4. The van der Waals surface area contributed by atoms with Crippen molar-refractivity contribution < 1.29 is 17.9 Å². The molecular formula is C23H25F3N8O. The molecule has 0 aliphatic carbocycles. The average Bonchev–Trinajstić information content (AvgIpc) is 3.20. The van der Waals surface area contributed by atoms with E-state index in [2.05, 4.69) is 30.4 Å². The molecule has 184 valence electrons. The summed E-state index contributed by atoms with van der Waals surface area (Å²) in [7, 11) is 0. The van der Waals surface area contributed by atoms with Crippen LogP contribution in [0.3, 0.4) is 0 Å². The lowest BCUT2D eigenvalue weighted by Gasteiger charge is -2.29. The van der Waals surface area contributed by atoms with E-state index in [1.54, 1.807) is 13.8 Å². The second kappa shape index (κ2) is 8.52. The summed E-state index contributed by atoms with van der Waals surface area (Å²) in [5.74, 6) is 1.67. The molecule has 0 saturated carbocycles. The van der Waals surface area contributed by atoms with Gasteiger partial charge in [-0.25, -0.2) is 9.97 Å². The molecule has 1 fully saturated rings. The quantitative estimate of drug-likeness (QED) is 0.419. The van der Waals surface area contributed by atoms with Crippen LogP contribution in [0.4, 0.5) is 30.4 Å². The molecule has 3 aromatic heterocycles. The van der Waals surface area contributed by atoms with Gasteiger partial charge in [-0.05, 0) is 50.6 Å². The SMILES string of the molecule is Cc1nc(N[C@H](C)c2cc(N)cc(C(F)(F)F)c2)c2cc(N3CCOCC3)c3nnc(C)n3c2n1. The van der Waals surface area contributed by atoms with E-state index in [-0.39, 0.29) is 5.69 Å². The molecule has 12 heteroatoms. The van der Waals surface area contributed by atoms with E-state index in [1.807, 2.05) is 17.4 Å². The summed E-state index contributed by atoms with van der Waals surface area (Å²) in [5, 5.41) is 12.6. The fourth-order valence-electron chi connectivity index (χ4n) is 4.38. The van der Waals surface area contributed by atoms with E-state index in [9.17, 15) is 13.2 Å². The molecule has 35 heavy (non-hydrogen) atoms. The monoisotopic (exact) mass is 486 g/mol. The number of nitrogens with one attached hydrogen (secondary N) is 1. The lowest BCUT2D eigenvalue weighted by atomic mass is 10.0. The predicted octanol–water partition coefficient (Wildman–Crippen LogP) is 3.90. The second-order valence-electron chi connectivity index (χ2n) is 8.64. The molecule has 1 atom stereocenters. The van der Waals surface area contributed by atoms with Crippen LogP contribution in [0.25, 0.3) is 16.7 Å². The van der Waals surface area contributed by atoms with Crippen molar-refractivity contribution in [2.75, 3.05) is 42.3 Å². The minimum Gasteiger partial charge on any atom is -0.399 e. The highest BCUT2D eigenvalue weighted by Gasteiger charge is 2.31. The first-order chi connectivity index (χ1) is 16.6. The van der Waals surface area contributed by atoms with Gasteiger partial charge in [-0.2, -0.15) is 13.2 Å².